The predicted octanol–water partition coefficient (Wildman–Crippen LogP) is 6.01. The van der Waals surface area contributed by atoms with E-state index in [2.05, 4.69) is 56.9 Å². The Kier molecular flexibility index (Phi) is 5.82. The topological polar surface area (TPSA) is 38.9 Å². The quantitative estimate of drug-likeness (QED) is 0.679. The standard InChI is InChI=1S/C20H30N2/c1-5-7-9-15(8-6-2)16-10-11-19-17(12-16)13-18(14(3)4)20(21)22-19/h10-15H,5-9H2,1-4H3,(H2,21,22). The van der Waals surface area contributed by atoms with E-state index >= 15 is 0 Å². The Hall–Kier alpha value is -1.57. The minimum Gasteiger partial charge on any atom is -0.383 e. The number of hydrogen-bond donors (Lipinski definition) is 1. The number of pyridine rings is 1. The highest BCUT2D eigenvalue weighted by Crippen LogP contribution is 2.31. The molecular formula is C20H30N2. The van der Waals surface area contributed by atoms with Crippen LogP contribution in [0, 0.1) is 0 Å². The van der Waals surface area contributed by atoms with E-state index in [0.717, 1.165) is 11.1 Å². The zero-order valence-corrected chi connectivity index (χ0v) is 14.5. The van der Waals surface area contributed by atoms with E-state index in [1.54, 1.807) is 0 Å². The van der Waals surface area contributed by atoms with Crippen molar-refractivity contribution >= 4 is 16.7 Å². The van der Waals surface area contributed by atoms with Gasteiger partial charge in [0.1, 0.15) is 5.82 Å². The summed E-state index contributed by atoms with van der Waals surface area (Å²) in [6, 6.07) is 8.96. The first-order valence-corrected chi connectivity index (χ1v) is 8.76. The van der Waals surface area contributed by atoms with Gasteiger partial charge in [-0.3, -0.25) is 0 Å². The fourth-order valence-electron chi connectivity index (χ4n) is 3.22. The van der Waals surface area contributed by atoms with Crippen LogP contribution in [0.15, 0.2) is 24.3 Å². The molecule has 2 nitrogen and oxygen atoms in total. The van der Waals surface area contributed by atoms with E-state index in [1.807, 2.05) is 0 Å². The maximum Gasteiger partial charge on any atom is 0.127 e. The first-order valence-electron chi connectivity index (χ1n) is 8.76. The number of nitrogens with two attached hydrogens (primary N) is 1. The normalized spacial score (nSPS) is 13.0. The van der Waals surface area contributed by atoms with Crippen LogP contribution in [-0.2, 0) is 0 Å². The molecule has 0 aliphatic rings. The number of fused-ring (bicyclic) bond motifs is 1. The SMILES string of the molecule is CCCCC(CCC)c1ccc2nc(N)c(C(C)C)cc2c1. The van der Waals surface area contributed by atoms with E-state index in [4.69, 9.17) is 5.73 Å². The minimum absolute atomic E-state index is 0.409. The van der Waals surface area contributed by atoms with Crippen LogP contribution in [0.25, 0.3) is 10.9 Å². The number of nitrogens with zero attached hydrogens (tertiary/aromatic N) is 1. The van der Waals surface area contributed by atoms with Gasteiger partial charge in [0.05, 0.1) is 5.52 Å². The van der Waals surface area contributed by atoms with Crippen LogP contribution in [0.2, 0.25) is 0 Å². The molecule has 1 heterocycles. The van der Waals surface area contributed by atoms with Crippen molar-refractivity contribution in [2.45, 2.75) is 71.6 Å². The van der Waals surface area contributed by atoms with Gasteiger partial charge in [-0.05, 0) is 54.0 Å². The van der Waals surface area contributed by atoms with E-state index < -0.39 is 0 Å². The second kappa shape index (κ2) is 7.62. The Morgan fingerprint density at radius 3 is 2.45 bits per heavy atom. The molecule has 0 bridgehead atoms. The van der Waals surface area contributed by atoms with Crippen LogP contribution < -0.4 is 5.73 Å². The zero-order chi connectivity index (χ0) is 16.1. The van der Waals surface area contributed by atoms with Crippen molar-refractivity contribution in [2.75, 3.05) is 5.73 Å². The van der Waals surface area contributed by atoms with E-state index in [9.17, 15) is 0 Å². The van der Waals surface area contributed by atoms with E-state index in [0.29, 0.717) is 17.7 Å². The lowest BCUT2D eigenvalue weighted by Gasteiger charge is -2.17. The van der Waals surface area contributed by atoms with Crippen LogP contribution in [0.5, 0.6) is 0 Å². The van der Waals surface area contributed by atoms with Crippen molar-refractivity contribution < 1.29 is 0 Å². The molecule has 0 radical (unpaired) electrons. The third kappa shape index (κ3) is 3.79. The summed E-state index contributed by atoms with van der Waals surface area (Å²) in [4.78, 5) is 4.58. The van der Waals surface area contributed by atoms with E-state index in [-0.39, 0.29) is 0 Å². The molecule has 120 valence electrons. The molecule has 0 aliphatic heterocycles. The highest BCUT2D eigenvalue weighted by atomic mass is 14.8. The molecule has 1 unspecified atom stereocenters. The van der Waals surface area contributed by atoms with Crippen molar-refractivity contribution in [1.82, 2.24) is 4.98 Å². The number of nitrogen functional groups attached to an aromatic ring is 1. The minimum atomic E-state index is 0.409. The summed E-state index contributed by atoms with van der Waals surface area (Å²) in [7, 11) is 0. The Morgan fingerprint density at radius 2 is 1.82 bits per heavy atom. The molecular weight excluding hydrogens is 268 g/mol. The summed E-state index contributed by atoms with van der Waals surface area (Å²) < 4.78 is 0. The highest BCUT2D eigenvalue weighted by molar-refractivity contribution is 5.82. The Balaban J connectivity index is 2.40. The molecule has 0 aliphatic carbocycles. The van der Waals surface area contributed by atoms with Crippen LogP contribution in [0.3, 0.4) is 0 Å². The van der Waals surface area contributed by atoms with Gasteiger partial charge in [0.2, 0.25) is 0 Å². The average molecular weight is 298 g/mol. The summed E-state index contributed by atoms with van der Waals surface area (Å²) in [5.74, 6) is 1.76. The molecule has 1 atom stereocenters. The first-order chi connectivity index (χ1) is 10.6. The molecule has 22 heavy (non-hydrogen) atoms. The molecule has 0 fully saturated rings. The molecule has 0 spiro atoms. The highest BCUT2D eigenvalue weighted by Gasteiger charge is 2.13. The molecule has 0 amide bonds. The lowest BCUT2D eigenvalue weighted by Crippen LogP contribution is -2.02. The summed E-state index contributed by atoms with van der Waals surface area (Å²) in [5, 5.41) is 1.23. The fourth-order valence-corrected chi connectivity index (χ4v) is 3.22. The Bertz CT molecular complexity index is 616. The van der Waals surface area contributed by atoms with Crippen molar-refractivity contribution in [3.05, 3.63) is 35.4 Å². The lowest BCUT2D eigenvalue weighted by atomic mass is 9.88. The van der Waals surface area contributed by atoms with Crippen molar-refractivity contribution in [3.8, 4) is 0 Å². The number of anilines is 1. The van der Waals surface area contributed by atoms with Crippen LogP contribution in [0.1, 0.15) is 82.8 Å². The monoisotopic (exact) mass is 298 g/mol. The second-order valence-corrected chi connectivity index (χ2v) is 6.70. The van der Waals surface area contributed by atoms with Gasteiger partial charge in [0, 0.05) is 5.39 Å². The van der Waals surface area contributed by atoms with Gasteiger partial charge < -0.3 is 5.73 Å². The number of aromatic nitrogens is 1. The van der Waals surface area contributed by atoms with Gasteiger partial charge >= 0.3 is 0 Å². The van der Waals surface area contributed by atoms with Crippen molar-refractivity contribution in [2.24, 2.45) is 0 Å². The molecule has 2 rings (SSSR count). The molecule has 2 aromatic rings. The number of unbranched alkanes of at least 4 members (excludes halogenated alkanes) is 1. The predicted molar refractivity (Wildman–Crippen MR) is 97.4 cm³/mol. The van der Waals surface area contributed by atoms with Gasteiger partial charge in [0.15, 0.2) is 0 Å². The third-order valence-corrected chi connectivity index (χ3v) is 4.54. The largest absolute Gasteiger partial charge is 0.383 e. The number of benzene rings is 1. The summed E-state index contributed by atoms with van der Waals surface area (Å²) in [6.45, 7) is 8.89. The van der Waals surface area contributed by atoms with E-state index in [1.165, 1.54) is 43.1 Å². The van der Waals surface area contributed by atoms with Crippen LogP contribution >= 0.6 is 0 Å². The van der Waals surface area contributed by atoms with Gasteiger partial charge in [-0.1, -0.05) is 53.0 Å². The molecule has 1 aromatic heterocycles. The van der Waals surface area contributed by atoms with Crippen molar-refractivity contribution in [3.63, 3.8) is 0 Å². The maximum atomic E-state index is 6.09. The lowest BCUT2D eigenvalue weighted by molar-refractivity contribution is 0.541. The molecule has 0 saturated carbocycles. The van der Waals surface area contributed by atoms with Gasteiger partial charge in [0.25, 0.3) is 0 Å². The Labute approximate surface area is 135 Å². The maximum absolute atomic E-state index is 6.09. The first kappa shape index (κ1) is 16.8. The summed E-state index contributed by atoms with van der Waals surface area (Å²) >= 11 is 0. The molecule has 0 saturated heterocycles. The third-order valence-electron chi connectivity index (χ3n) is 4.54. The molecule has 1 aromatic carbocycles. The van der Waals surface area contributed by atoms with Gasteiger partial charge in [-0.2, -0.15) is 0 Å². The molecule has 2 N–H and O–H groups in total. The zero-order valence-electron chi connectivity index (χ0n) is 14.5. The van der Waals surface area contributed by atoms with Crippen LogP contribution in [-0.4, -0.2) is 4.98 Å². The molecule has 2 heteroatoms. The smallest absolute Gasteiger partial charge is 0.127 e. The average Bonchev–Trinajstić information content (AvgIpc) is 2.50. The summed E-state index contributed by atoms with van der Waals surface area (Å²) in [5.41, 5.74) is 9.72. The fraction of sp³-hybridized carbons (Fsp3) is 0.550. The Morgan fingerprint density at radius 1 is 1.05 bits per heavy atom. The number of rotatable bonds is 7. The van der Waals surface area contributed by atoms with Crippen LogP contribution in [0.4, 0.5) is 5.82 Å². The van der Waals surface area contributed by atoms with Gasteiger partial charge in [-0.25, -0.2) is 4.98 Å². The second-order valence-electron chi connectivity index (χ2n) is 6.70. The van der Waals surface area contributed by atoms with Gasteiger partial charge in [-0.15, -0.1) is 0 Å². The van der Waals surface area contributed by atoms with Crippen molar-refractivity contribution in [1.29, 1.82) is 0 Å². The number of hydrogen-bond acceptors (Lipinski definition) is 2. The summed E-state index contributed by atoms with van der Waals surface area (Å²) in [6.07, 6.45) is 6.37.